The molecule has 2 heterocycles. The smallest absolute Gasteiger partial charge is 0.256 e. The van der Waals surface area contributed by atoms with Gasteiger partial charge in [-0.3, -0.25) is 4.79 Å². The van der Waals surface area contributed by atoms with E-state index in [2.05, 4.69) is 9.97 Å². The zero-order chi connectivity index (χ0) is 15.5. The largest absolute Gasteiger partial charge is 0.337 e. The van der Waals surface area contributed by atoms with Gasteiger partial charge in [-0.25, -0.2) is 14.4 Å². The highest BCUT2D eigenvalue weighted by molar-refractivity contribution is 6.30. The van der Waals surface area contributed by atoms with Crippen molar-refractivity contribution in [2.45, 2.75) is 0 Å². The summed E-state index contributed by atoms with van der Waals surface area (Å²) in [7, 11) is 0. The molecule has 0 aliphatic carbocycles. The van der Waals surface area contributed by atoms with Gasteiger partial charge in [0.15, 0.2) is 0 Å². The predicted octanol–water partition coefficient (Wildman–Crippen LogP) is 2.23. The van der Waals surface area contributed by atoms with Crippen LogP contribution in [-0.4, -0.2) is 47.0 Å². The number of amides is 1. The molecule has 1 fully saturated rings. The van der Waals surface area contributed by atoms with E-state index in [1.54, 1.807) is 23.4 Å². The van der Waals surface area contributed by atoms with E-state index in [0.29, 0.717) is 32.1 Å². The standard InChI is InChI=1S/C15H14ClFN4O/c16-11-2-3-12(13(17)10-11)14(22)20-6-8-21(9-7-20)15-18-4-1-5-19-15/h1-5,10H,6-9H2. The van der Waals surface area contributed by atoms with Gasteiger partial charge in [-0.05, 0) is 24.3 Å². The molecule has 1 aliphatic heterocycles. The minimum Gasteiger partial charge on any atom is -0.337 e. The molecule has 0 atom stereocenters. The van der Waals surface area contributed by atoms with Crippen molar-refractivity contribution < 1.29 is 9.18 Å². The maximum Gasteiger partial charge on any atom is 0.256 e. The lowest BCUT2D eigenvalue weighted by Gasteiger charge is -2.34. The molecule has 22 heavy (non-hydrogen) atoms. The average Bonchev–Trinajstić information content (AvgIpc) is 2.55. The molecule has 0 N–H and O–H groups in total. The van der Waals surface area contributed by atoms with E-state index in [0.717, 1.165) is 6.07 Å². The van der Waals surface area contributed by atoms with Crippen molar-refractivity contribution in [3.8, 4) is 0 Å². The number of hydrogen-bond acceptors (Lipinski definition) is 4. The second-order valence-corrected chi connectivity index (χ2v) is 5.39. The van der Waals surface area contributed by atoms with Crippen molar-refractivity contribution in [3.63, 3.8) is 0 Å². The van der Waals surface area contributed by atoms with Crippen molar-refractivity contribution in [2.24, 2.45) is 0 Å². The number of anilines is 1. The Bertz CT molecular complexity index is 674. The van der Waals surface area contributed by atoms with Gasteiger partial charge in [0.25, 0.3) is 5.91 Å². The van der Waals surface area contributed by atoms with Crippen LogP contribution in [0.2, 0.25) is 5.02 Å². The summed E-state index contributed by atoms with van der Waals surface area (Å²) in [5, 5.41) is 0.278. The first-order chi connectivity index (χ1) is 10.6. The molecule has 5 nitrogen and oxygen atoms in total. The van der Waals surface area contributed by atoms with Gasteiger partial charge in [-0.15, -0.1) is 0 Å². The van der Waals surface area contributed by atoms with Gasteiger partial charge in [-0.2, -0.15) is 0 Å². The van der Waals surface area contributed by atoms with Gasteiger partial charge >= 0.3 is 0 Å². The van der Waals surface area contributed by atoms with Crippen LogP contribution in [0.3, 0.4) is 0 Å². The molecule has 3 rings (SSSR count). The number of halogens is 2. The molecular formula is C15H14ClFN4O. The van der Waals surface area contributed by atoms with Crippen molar-refractivity contribution in [1.82, 2.24) is 14.9 Å². The molecule has 114 valence electrons. The van der Waals surface area contributed by atoms with Crippen LogP contribution in [0.15, 0.2) is 36.7 Å². The van der Waals surface area contributed by atoms with E-state index in [9.17, 15) is 9.18 Å². The molecule has 1 aromatic carbocycles. The summed E-state index contributed by atoms with van der Waals surface area (Å²) in [5.41, 5.74) is 0.0498. The maximum atomic E-state index is 13.8. The van der Waals surface area contributed by atoms with E-state index in [1.807, 2.05) is 4.90 Å². The average molecular weight is 321 g/mol. The summed E-state index contributed by atoms with van der Waals surface area (Å²) < 4.78 is 13.8. The fourth-order valence-electron chi connectivity index (χ4n) is 2.40. The quantitative estimate of drug-likeness (QED) is 0.851. The Balaban J connectivity index is 1.67. The van der Waals surface area contributed by atoms with Crippen LogP contribution in [-0.2, 0) is 0 Å². The molecular weight excluding hydrogens is 307 g/mol. The highest BCUT2D eigenvalue weighted by Gasteiger charge is 2.25. The monoisotopic (exact) mass is 320 g/mol. The molecule has 0 spiro atoms. The second kappa shape index (κ2) is 6.27. The Morgan fingerprint density at radius 2 is 1.82 bits per heavy atom. The van der Waals surface area contributed by atoms with Crippen LogP contribution in [0, 0.1) is 5.82 Å². The van der Waals surface area contributed by atoms with Crippen LogP contribution in [0.4, 0.5) is 10.3 Å². The van der Waals surface area contributed by atoms with Crippen LogP contribution in [0.5, 0.6) is 0 Å². The fraction of sp³-hybridized carbons (Fsp3) is 0.267. The number of hydrogen-bond donors (Lipinski definition) is 0. The molecule has 1 aromatic heterocycles. The lowest BCUT2D eigenvalue weighted by molar-refractivity contribution is 0.0741. The van der Waals surface area contributed by atoms with Crippen molar-refractivity contribution in [3.05, 3.63) is 53.1 Å². The minimum absolute atomic E-state index is 0.0498. The minimum atomic E-state index is -0.591. The molecule has 2 aromatic rings. The number of nitrogens with zero attached hydrogens (tertiary/aromatic N) is 4. The molecule has 1 amide bonds. The number of aromatic nitrogens is 2. The normalized spacial score (nSPS) is 15.0. The van der Waals surface area contributed by atoms with Gasteiger partial charge in [0.05, 0.1) is 5.56 Å². The van der Waals surface area contributed by atoms with Gasteiger partial charge in [0, 0.05) is 43.6 Å². The van der Waals surface area contributed by atoms with E-state index in [-0.39, 0.29) is 16.5 Å². The van der Waals surface area contributed by atoms with E-state index in [4.69, 9.17) is 11.6 Å². The molecule has 1 aliphatic rings. The van der Waals surface area contributed by atoms with Crippen LogP contribution in [0.25, 0.3) is 0 Å². The summed E-state index contributed by atoms with van der Waals surface area (Å²) >= 11 is 5.71. The Labute approximate surface area is 132 Å². The highest BCUT2D eigenvalue weighted by Crippen LogP contribution is 2.18. The number of carbonyl (C=O) groups excluding carboxylic acids is 1. The molecule has 1 saturated heterocycles. The Hall–Kier alpha value is -2.21. The number of rotatable bonds is 2. The highest BCUT2D eigenvalue weighted by atomic mass is 35.5. The van der Waals surface area contributed by atoms with Gasteiger partial charge in [0.1, 0.15) is 5.82 Å². The first kappa shape index (κ1) is 14.7. The van der Waals surface area contributed by atoms with Crippen LogP contribution >= 0.6 is 11.6 Å². The first-order valence-electron chi connectivity index (χ1n) is 6.91. The maximum absolute atomic E-state index is 13.8. The second-order valence-electron chi connectivity index (χ2n) is 4.95. The topological polar surface area (TPSA) is 49.3 Å². The fourth-order valence-corrected chi connectivity index (χ4v) is 2.56. The third kappa shape index (κ3) is 3.01. The van der Waals surface area contributed by atoms with Crippen LogP contribution in [0.1, 0.15) is 10.4 Å². The molecule has 0 bridgehead atoms. The number of carbonyl (C=O) groups is 1. The van der Waals surface area contributed by atoms with Crippen LogP contribution < -0.4 is 4.90 Å². The molecule has 0 unspecified atom stereocenters. The summed E-state index contributed by atoms with van der Waals surface area (Å²) in [6, 6.07) is 5.86. The van der Waals surface area contributed by atoms with E-state index in [1.165, 1.54) is 12.1 Å². The number of benzene rings is 1. The van der Waals surface area contributed by atoms with Gasteiger partial charge in [0.2, 0.25) is 5.95 Å². The zero-order valence-electron chi connectivity index (χ0n) is 11.7. The third-order valence-corrected chi connectivity index (χ3v) is 3.80. The SMILES string of the molecule is O=C(c1ccc(Cl)cc1F)N1CCN(c2ncccn2)CC1. The number of piperazine rings is 1. The first-order valence-corrected chi connectivity index (χ1v) is 7.29. The van der Waals surface area contributed by atoms with Gasteiger partial charge in [-0.1, -0.05) is 11.6 Å². The Morgan fingerprint density at radius 1 is 1.14 bits per heavy atom. The van der Waals surface area contributed by atoms with Crippen molar-refractivity contribution in [1.29, 1.82) is 0 Å². The summed E-state index contributed by atoms with van der Waals surface area (Å²) in [4.78, 5) is 24.4. The molecule has 0 saturated carbocycles. The van der Waals surface area contributed by atoms with Crippen molar-refractivity contribution >= 4 is 23.5 Å². The van der Waals surface area contributed by atoms with E-state index >= 15 is 0 Å². The summed E-state index contributed by atoms with van der Waals surface area (Å²) in [5.74, 6) is -0.263. The Kier molecular flexibility index (Phi) is 4.20. The molecule has 0 radical (unpaired) electrons. The third-order valence-electron chi connectivity index (χ3n) is 3.56. The Morgan fingerprint density at radius 3 is 2.45 bits per heavy atom. The zero-order valence-corrected chi connectivity index (χ0v) is 12.5. The predicted molar refractivity (Wildman–Crippen MR) is 81.6 cm³/mol. The lowest BCUT2D eigenvalue weighted by Crippen LogP contribution is -2.49. The van der Waals surface area contributed by atoms with E-state index < -0.39 is 5.82 Å². The van der Waals surface area contributed by atoms with Crippen molar-refractivity contribution in [2.75, 3.05) is 31.1 Å². The summed E-state index contributed by atoms with van der Waals surface area (Å²) in [6.45, 7) is 2.23. The van der Waals surface area contributed by atoms with Gasteiger partial charge < -0.3 is 9.80 Å². The summed E-state index contributed by atoms with van der Waals surface area (Å²) in [6.07, 6.45) is 3.37. The molecule has 7 heteroatoms. The lowest BCUT2D eigenvalue weighted by atomic mass is 10.1.